The molecule has 1 aromatic heterocycles. The van der Waals surface area contributed by atoms with Crippen LogP contribution < -0.4 is 4.90 Å². The third-order valence-corrected chi connectivity index (χ3v) is 14.5. The highest BCUT2D eigenvalue weighted by Gasteiger charge is 2.43. The summed E-state index contributed by atoms with van der Waals surface area (Å²) in [6.45, 7) is 12.6. The lowest BCUT2D eigenvalue weighted by Gasteiger charge is -2.34. The van der Waals surface area contributed by atoms with Gasteiger partial charge in [-0.1, -0.05) is 212 Å². The van der Waals surface area contributed by atoms with Gasteiger partial charge in [0, 0.05) is 38.9 Å². The fourth-order valence-corrected chi connectivity index (χ4v) is 11.0. The van der Waals surface area contributed by atoms with Crippen LogP contribution in [0.4, 0.5) is 17.1 Å². The molecule has 2 nitrogen and oxygen atoms in total. The average Bonchev–Trinajstić information content (AvgIpc) is 3.86. The van der Waals surface area contributed by atoms with Gasteiger partial charge in [0.05, 0.1) is 11.0 Å². The molecule has 332 valence electrons. The Bertz CT molecular complexity index is 3000. The molecule has 10 rings (SSSR count). The van der Waals surface area contributed by atoms with Crippen molar-refractivity contribution < 1.29 is 0 Å². The first-order chi connectivity index (χ1) is 33.0. The second kappa shape index (κ2) is 19.4. The van der Waals surface area contributed by atoms with Gasteiger partial charge in [-0.15, -0.1) is 0 Å². The highest BCUT2D eigenvalue weighted by atomic mass is 15.1. The molecule has 2 heteroatoms. The predicted octanol–water partition coefficient (Wildman–Crippen LogP) is 19.1. The third kappa shape index (κ3) is 8.36. The number of unbranched alkanes of at least 4 members (excludes halogenated alkanes) is 6. The molecule has 0 amide bonds. The Balaban J connectivity index is 1.13. The van der Waals surface area contributed by atoms with Gasteiger partial charge in [0.2, 0.25) is 0 Å². The SMILES string of the molecule is C=Cc1ccc(-c2ccc(N(c3ccc(-c4ccc(C=C)cc4)cc3)c3ccc4c(c3)C(CCCCCC)(CCCCCC)c3cc(-n5c6ccccc6c6ccccc65)ccc3-4)cc2)cc1. The van der Waals surface area contributed by atoms with E-state index in [4.69, 9.17) is 0 Å². The molecule has 0 saturated carbocycles. The first kappa shape index (κ1) is 43.7. The lowest BCUT2D eigenvalue weighted by Crippen LogP contribution is -2.26. The van der Waals surface area contributed by atoms with E-state index >= 15 is 0 Å². The van der Waals surface area contributed by atoms with E-state index < -0.39 is 0 Å². The monoisotopic (exact) mass is 870 g/mol. The lowest BCUT2D eigenvalue weighted by molar-refractivity contribution is 0.401. The second-order valence-corrected chi connectivity index (χ2v) is 18.6. The fraction of sp³-hybridized carbons (Fsp3) is 0.200. The van der Waals surface area contributed by atoms with E-state index in [9.17, 15) is 0 Å². The van der Waals surface area contributed by atoms with Gasteiger partial charge in [-0.25, -0.2) is 0 Å². The summed E-state index contributed by atoms with van der Waals surface area (Å²) in [7, 11) is 0. The van der Waals surface area contributed by atoms with Crippen LogP contribution in [-0.2, 0) is 5.41 Å². The zero-order valence-electron chi connectivity index (χ0n) is 39.4. The summed E-state index contributed by atoms with van der Waals surface area (Å²) in [6, 6.07) is 68.2. The third-order valence-electron chi connectivity index (χ3n) is 14.5. The molecule has 8 aromatic carbocycles. The van der Waals surface area contributed by atoms with Crippen LogP contribution in [0, 0.1) is 0 Å². The topological polar surface area (TPSA) is 8.17 Å². The molecule has 0 unspecified atom stereocenters. The zero-order chi connectivity index (χ0) is 45.7. The van der Waals surface area contributed by atoms with E-state index in [1.54, 1.807) is 0 Å². The number of hydrogen-bond acceptors (Lipinski definition) is 1. The number of anilines is 3. The smallest absolute Gasteiger partial charge is 0.0541 e. The Labute approximate surface area is 398 Å². The number of benzene rings is 8. The molecule has 0 bridgehead atoms. The van der Waals surface area contributed by atoms with Crippen molar-refractivity contribution in [3.63, 3.8) is 0 Å². The Morgan fingerprint density at radius 3 is 1.31 bits per heavy atom. The van der Waals surface area contributed by atoms with Crippen molar-refractivity contribution in [2.45, 2.75) is 83.5 Å². The molecule has 1 aliphatic carbocycles. The minimum Gasteiger partial charge on any atom is -0.310 e. The van der Waals surface area contributed by atoms with Crippen LogP contribution in [0.1, 0.15) is 100 Å². The first-order valence-corrected chi connectivity index (χ1v) is 24.8. The largest absolute Gasteiger partial charge is 0.310 e. The summed E-state index contributed by atoms with van der Waals surface area (Å²) < 4.78 is 2.51. The molecule has 1 heterocycles. The van der Waals surface area contributed by atoms with Gasteiger partial charge >= 0.3 is 0 Å². The predicted molar refractivity (Wildman–Crippen MR) is 290 cm³/mol. The van der Waals surface area contributed by atoms with E-state index in [1.165, 1.54) is 129 Å². The van der Waals surface area contributed by atoms with Crippen molar-refractivity contribution in [3.8, 4) is 39.1 Å². The van der Waals surface area contributed by atoms with E-state index in [2.05, 4.69) is 218 Å². The lowest BCUT2D eigenvalue weighted by atomic mass is 9.70. The molecule has 9 aromatic rings. The number of rotatable bonds is 18. The maximum absolute atomic E-state index is 3.96. The molecule has 0 saturated heterocycles. The zero-order valence-corrected chi connectivity index (χ0v) is 39.4. The number of fused-ring (bicyclic) bond motifs is 6. The summed E-state index contributed by atoms with van der Waals surface area (Å²) in [5, 5.41) is 2.60. The van der Waals surface area contributed by atoms with Crippen molar-refractivity contribution >= 4 is 51.0 Å². The summed E-state index contributed by atoms with van der Waals surface area (Å²) in [4.78, 5) is 2.47. The van der Waals surface area contributed by atoms with Gasteiger partial charge in [0.1, 0.15) is 0 Å². The summed E-state index contributed by atoms with van der Waals surface area (Å²) in [5.74, 6) is 0. The quantitative estimate of drug-likeness (QED) is 0.0780. The molecular formula is C65H62N2. The standard InChI is InChI=1S/C65H62N2/c1-5-9-11-17-43-65(44-18-12-10-6-2)61-45-55(39-41-57(61)58-42-40-56(46-62(58)65)67-63-21-15-13-19-59(63)60-20-14-16-22-64(60)67)66(53-35-31-51(32-36-53)49-27-23-47(7-3)24-28-49)54-37-33-52(34-38-54)50-29-25-48(8-4)26-30-50/h7-8,13-16,19-42,45-46H,3-6,9-12,17-18,43-44H2,1-2H3. The molecule has 0 aliphatic heterocycles. The van der Waals surface area contributed by atoms with Crippen LogP contribution in [0.2, 0.25) is 0 Å². The van der Waals surface area contributed by atoms with E-state index in [1.807, 2.05) is 12.2 Å². The van der Waals surface area contributed by atoms with E-state index in [-0.39, 0.29) is 5.41 Å². The van der Waals surface area contributed by atoms with Crippen molar-refractivity contribution in [1.29, 1.82) is 0 Å². The minimum atomic E-state index is -0.120. The molecule has 0 atom stereocenters. The number of hydrogen-bond donors (Lipinski definition) is 0. The Morgan fingerprint density at radius 2 is 0.851 bits per heavy atom. The van der Waals surface area contributed by atoms with Crippen LogP contribution in [0.25, 0.3) is 73.0 Å². The normalized spacial score (nSPS) is 12.6. The van der Waals surface area contributed by atoms with Gasteiger partial charge < -0.3 is 9.47 Å². The molecule has 0 fully saturated rings. The molecule has 0 spiro atoms. The van der Waals surface area contributed by atoms with Gasteiger partial charge in [0.25, 0.3) is 0 Å². The van der Waals surface area contributed by atoms with Crippen molar-refractivity contribution in [2.24, 2.45) is 0 Å². The molecular weight excluding hydrogens is 809 g/mol. The molecule has 0 N–H and O–H groups in total. The summed E-state index contributed by atoms with van der Waals surface area (Å²) in [6.07, 6.45) is 16.0. The highest BCUT2D eigenvalue weighted by molar-refractivity contribution is 6.09. The van der Waals surface area contributed by atoms with E-state index in [0.29, 0.717) is 0 Å². The van der Waals surface area contributed by atoms with Crippen LogP contribution in [-0.4, -0.2) is 4.57 Å². The first-order valence-electron chi connectivity index (χ1n) is 24.8. The highest BCUT2D eigenvalue weighted by Crippen LogP contribution is 2.56. The van der Waals surface area contributed by atoms with Gasteiger partial charge in [-0.05, 0) is 129 Å². The Kier molecular flexibility index (Phi) is 12.6. The summed E-state index contributed by atoms with van der Waals surface area (Å²) >= 11 is 0. The van der Waals surface area contributed by atoms with Crippen molar-refractivity contribution in [1.82, 2.24) is 4.57 Å². The van der Waals surface area contributed by atoms with Gasteiger partial charge in [-0.2, -0.15) is 0 Å². The van der Waals surface area contributed by atoms with Crippen LogP contribution in [0.15, 0.2) is 195 Å². The molecule has 67 heavy (non-hydrogen) atoms. The molecule has 1 aliphatic rings. The van der Waals surface area contributed by atoms with Gasteiger partial charge in [0.15, 0.2) is 0 Å². The number of aromatic nitrogens is 1. The Morgan fingerprint density at radius 1 is 0.433 bits per heavy atom. The average molecular weight is 871 g/mol. The number of para-hydroxylation sites is 2. The van der Waals surface area contributed by atoms with E-state index in [0.717, 1.165) is 35.3 Å². The minimum absolute atomic E-state index is 0.120. The summed E-state index contributed by atoms with van der Waals surface area (Å²) in [5.41, 5.74) is 19.9. The van der Waals surface area contributed by atoms with Crippen LogP contribution in [0.3, 0.4) is 0 Å². The Hall–Kier alpha value is -7.16. The maximum Gasteiger partial charge on any atom is 0.0541 e. The fourth-order valence-electron chi connectivity index (χ4n) is 11.0. The number of nitrogens with zero attached hydrogens (tertiary/aromatic N) is 2. The van der Waals surface area contributed by atoms with Crippen LogP contribution in [0.5, 0.6) is 0 Å². The molecule has 0 radical (unpaired) electrons. The van der Waals surface area contributed by atoms with Gasteiger partial charge in [-0.3, -0.25) is 0 Å². The van der Waals surface area contributed by atoms with Crippen LogP contribution >= 0.6 is 0 Å². The maximum atomic E-state index is 3.96. The van der Waals surface area contributed by atoms with Crippen molar-refractivity contribution in [2.75, 3.05) is 4.90 Å². The van der Waals surface area contributed by atoms with Crippen molar-refractivity contribution in [3.05, 3.63) is 217 Å². The second-order valence-electron chi connectivity index (χ2n) is 18.6.